The molecule has 3 aromatic rings. The number of carbonyl (C=O) groups is 1. The molecule has 1 saturated heterocycles. The molecule has 1 aromatic heterocycles. The van der Waals surface area contributed by atoms with Crippen molar-refractivity contribution in [2.24, 2.45) is 5.92 Å². The molecule has 1 aliphatic rings. The molecule has 0 aliphatic carbocycles. The second kappa shape index (κ2) is 6.28. The smallest absolute Gasteiger partial charge is 0.247 e. The lowest BCUT2D eigenvalue weighted by Gasteiger charge is -2.16. The van der Waals surface area contributed by atoms with Crippen LogP contribution in [-0.4, -0.2) is 22.6 Å². The highest BCUT2D eigenvalue weighted by Crippen LogP contribution is 2.27. The minimum atomic E-state index is 0.202. The Labute approximate surface area is 139 Å². The second-order valence-electron chi connectivity index (χ2n) is 6.05. The van der Waals surface area contributed by atoms with Crippen LogP contribution >= 0.6 is 0 Å². The Morgan fingerprint density at radius 1 is 1.08 bits per heavy atom. The first-order valence-corrected chi connectivity index (χ1v) is 8.00. The van der Waals surface area contributed by atoms with Gasteiger partial charge in [0.05, 0.1) is 0 Å². The van der Waals surface area contributed by atoms with Gasteiger partial charge in [0.2, 0.25) is 18.2 Å². The topological polar surface area (TPSA) is 59.2 Å². The Kier molecular flexibility index (Phi) is 3.83. The van der Waals surface area contributed by atoms with Crippen LogP contribution in [-0.2, 0) is 11.2 Å². The molecule has 1 fully saturated rings. The highest BCUT2D eigenvalue weighted by atomic mass is 16.4. The van der Waals surface area contributed by atoms with Crippen molar-refractivity contribution in [3.63, 3.8) is 0 Å². The van der Waals surface area contributed by atoms with Crippen LogP contribution in [0.3, 0.4) is 0 Å². The molecule has 24 heavy (non-hydrogen) atoms. The largest absolute Gasteiger partial charge is 0.423 e. The van der Waals surface area contributed by atoms with E-state index in [0.29, 0.717) is 18.2 Å². The Morgan fingerprint density at radius 2 is 1.88 bits per heavy atom. The van der Waals surface area contributed by atoms with Crippen molar-refractivity contribution >= 4 is 11.6 Å². The van der Waals surface area contributed by atoms with Crippen LogP contribution < -0.4 is 4.90 Å². The summed E-state index contributed by atoms with van der Waals surface area (Å²) in [7, 11) is 0. The Bertz CT molecular complexity index is 814. The lowest BCUT2D eigenvalue weighted by molar-refractivity contribution is -0.117. The first-order valence-electron chi connectivity index (χ1n) is 8.00. The summed E-state index contributed by atoms with van der Waals surface area (Å²) >= 11 is 0. The lowest BCUT2D eigenvalue weighted by Crippen LogP contribution is -2.24. The molecule has 0 saturated carbocycles. The predicted molar refractivity (Wildman–Crippen MR) is 90.3 cm³/mol. The number of benzene rings is 2. The van der Waals surface area contributed by atoms with Crippen LogP contribution in [0, 0.1) is 5.92 Å². The Balaban J connectivity index is 1.44. The highest BCUT2D eigenvalue weighted by Gasteiger charge is 2.30. The van der Waals surface area contributed by atoms with Crippen molar-refractivity contribution in [3.8, 4) is 11.5 Å². The van der Waals surface area contributed by atoms with Crippen LogP contribution in [0.2, 0.25) is 0 Å². The maximum absolute atomic E-state index is 12.3. The van der Waals surface area contributed by atoms with Gasteiger partial charge in [0, 0.05) is 24.2 Å². The van der Waals surface area contributed by atoms with Crippen LogP contribution in [0.25, 0.3) is 11.5 Å². The summed E-state index contributed by atoms with van der Waals surface area (Å²) in [5.41, 5.74) is 3.10. The molecule has 2 heterocycles. The zero-order valence-corrected chi connectivity index (χ0v) is 13.1. The van der Waals surface area contributed by atoms with Crippen LogP contribution in [0.5, 0.6) is 0 Å². The summed E-state index contributed by atoms with van der Waals surface area (Å²) in [5.74, 6) is 1.06. The van der Waals surface area contributed by atoms with Gasteiger partial charge in [-0.2, -0.15) is 0 Å². The minimum absolute atomic E-state index is 0.202. The average Bonchev–Trinajstić information content (AvgIpc) is 3.26. The number of para-hydroxylation sites is 1. The quantitative estimate of drug-likeness (QED) is 0.740. The fraction of sp³-hybridized carbons (Fsp3) is 0.211. The molecule has 4 rings (SSSR count). The number of nitrogens with zero attached hydrogens (tertiary/aromatic N) is 3. The number of aromatic nitrogens is 2. The first kappa shape index (κ1) is 14.6. The normalized spacial score (nSPS) is 17.4. The third-order valence-electron chi connectivity index (χ3n) is 4.36. The van der Waals surface area contributed by atoms with E-state index in [4.69, 9.17) is 4.42 Å². The van der Waals surface area contributed by atoms with Crippen LogP contribution in [0.15, 0.2) is 65.4 Å². The molecule has 120 valence electrons. The standard InChI is InChI=1S/C19H17N3O2/c23-18-11-15(12-22(18)17-4-2-1-3-5-17)10-14-6-8-16(9-7-14)19-21-20-13-24-19/h1-9,13,15H,10-12H2/t15-/m0/s1. The third-order valence-corrected chi connectivity index (χ3v) is 4.36. The predicted octanol–water partition coefficient (Wildman–Crippen LogP) is 3.33. The fourth-order valence-electron chi connectivity index (χ4n) is 3.19. The van der Waals surface area contributed by atoms with E-state index in [-0.39, 0.29) is 5.91 Å². The van der Waals surface area contributed by atoms with E-state index in [0.717, 1.165) is 24.2 Å². The van der Waals surface area contributed by atoms with Crippen molar-refractivity contribution in [3.05, 3.63) is 66.6 Å². The molecule has 0 N–H and O–H groups in total. The molecule has 0 radical (unpaired) electrons. The van der Waals surface area contributed by atoms with E-state index in [2.05, 4.69) is 22.3 Å². The number of hydrogen-bond acceptors (Lipinski definition) is 4. The number of rotatable bonds is 4. The zero-order valence-electron chi connectivity index (χ0n) is 13.1. The fourth-order valence-corrected chi connectivity index (χ4v) is 3.19. The number of hydrogen-bond donors (Lipinski definition) is 0. The van der Waals surface area contributed by atoms with Crippen molar-refractivity contribution in [1.82, 2.24) is 10.2 Å². The van der Waals surface area contributed by atoms with Gasteiger partial charge in [-0.3, -0.25) is 4.79 Å². The monoisotopic (exact) mass is 319 g/mol. The van der Waals surface area contributed by atoms with Gasteiger partial charge in [0.1, 0.15) is 0 Å². The van der Waals surface area contributed by atoms with Crippen molar-refractivity contribution in [2.45, 2.75) is 12.8 Å². The minimum Gasteiger partial charge on any atom is -0.423 e. The van der Waals surface area contributed by atoms with Gasteiger partial charge in [-0.05, 0) is 42.2 Å². The van der Waals surface area contributed by atoms with Gasteiger partial charge in [-0.15, -0.1) is 10.2 Å². The molecule has 0 spiro atoms. The molecular weight excluding hydrogens is 302 g/mol. The molecule has 5 nitrogen and oxygen atoms in total. The third kappa shape index (κ3) is 2.93. The van der Waals surface area contributed by atoms with Crippen LogP contribution in [0.1, 0.15) is 12.0 Å². The van der Waals surface area contributed by atoms with Crippen molar-refractivity contribution in [2.75, 3.05) is 11.4 Å². The average molecular weight is 319 g/mol. The maximum atomic E-state index is 12.3. The van der Waals surface area contributed by atoms with Gasteiger partial charge in [-0.1, -0.05) is 30.3 Å². The summed E-state index contributed by atoms with van der Waals surface area (Å²) in [6.45, 7) is 0.772. The second-order valence-corrected chi connectivity index (χ2v) is 6.05. The van der Waals surface area contributed by atoms with Gasteiger partial charge >= 0.3 is 0 Å². The summed E-state index contributed by atoms with van der Waals surface area (Å²) in [5, 5.41) is 7.59. The first-order chi connectivity index (χ1) is 11.8. The van der Waals surface area contributed by atoms with Gasteiger partial charge in [0.25, 0.3) is 0 Å². The van der Waals surface area contributed by atoms with Gasteiger partial charge in [0.15, 0.2) is 0 Å². The molecule has 1 aliphatic heterocycles. The van der Waals surface area contributed by atoms with E-state index in [1.54, 1.807) is 0 Å². The lowest BCUT2D eigenvalue weighted by atomic mass is 9.98. The number of anilines is 1. The molecule has 5 heteroatoms. The van der Waals surface area contributed by atoms with E-state index >= 15 is 0 Å². The van der Waals surface area contributed by atoms with Crippen molar-refractivity contribution < 1.29 is 9.21 Å². The van der Waals surface area contributed by atoms with E-state index in [9.17, 15) is 4.79 Å². The summed E-state index contributed by atoms with van der Waals surface area (Å²) < 4.78 is 5.20. The van der Waals surface area contributed by atoms with E-state index in [1.807, 2.05) is 47.4 Å². The molecular formula is C19H17N3O2. The summed E-state index contributed by atoms with van der Waals surface area (Å²) in [6.07, 6.45) is 2.81. The molecule has 0 unspecified atom stereocenters. The molecule has 0 bridgehead atoms. The number of carbonyl (C=O) groups excluding carboxylic acids is 1. The highest BCUT2D eigenvalue weighted by molar-refractivity contribution is 5.95. The maximum Gasteiger partial charge on any atom is 0.247 e. The zero-order chi connectivity index (χ0) is 16.4. The van der Waals surface area contributed by atoms with Gasteiger partial charge in [-0.25, -0.2) is 0 Å². The Morgan fingerprint density at radius 3 is 2.58 bits per heavy atom. The molecule has 2 aromatic carbocycles. The number of amides is 1. The van der Waals surface area contributed by atoms with Gasteiger partial charge < -0.3 is 9.32 Å². The van der Waals surface area contributed by atoms with Crippen molar-refractivity contribution in [1.29, 1.82) is 0 Å². The summed E-state index contributed by atoms with van der Waals surface area (Å²) in [6, 6.07) is 18.0. The molecule has 1 atom stereocenters. The summed E-state index contributed by atoms with van der Waals surface area (Å²) in [4.78, 5) is 14.2. The molecule has 1 amide bonds. The Hall–Kier alpha value is -2.95. The van der Waals surface area contributed by atoms with E-state index in [1.165, 1.54) is 12.0 Å². The SMILES string of the molecule is O=C1C[C@H](Cc2ccc(-c3nnco3)cc2)CN1c1ccccc1. The van der Waals surface area contributed by atoms with E-state index < -0.39 is 0 Å². The van der Waals surface area contributed by atoms with Crippen LogP contribution in [0.4, 0.5) is 5.69 Å².